The molecule has 0 aliphatic carbocycles. The third-order valence-corrected chi connectivity index (χ3v) is 6.04. The average Bonchev–Trinajstić information content (AvgIpc) is 3.21. The number of rotatable bonds is 2. The zero-order valence-electron chi connectivity index (χ0n) is 15.5. The second kappa shape index (κ2) is 6.81. The topological polar surface area (TPSA) is 57.5 Å². The van der Waals surface area contributed by atoms with Gasteiger partial charge in [-0.15, -0.1) is 10.2 Å². The highest BCUT2D eigenvalue weighted by molar-refractivity contribution is 5.94. The maximum Gasteiger partial charge on any atom is 0.253 e. The Morgan fingerprint density at radius 1 is 0.962 bits per heavy atom. The lowest BCUT2D eigenvalue weighted by Gasteiger charge is -2.52. The first kappa shape index (κ1) is 17.2. The van der Waals surface area contributed by atoms with Crippen LogP contribution in [0.15, 0.2) is 36.9 Å². The van der Waals surface area contributed by atoms with Gasteiger partial charge in [-0.1, -0.05) is 0 Å². The predicted octanol–water partition coefficient (Wildman–Crippen LogP) is 1.12. The summed E-state index contributed by atoms with van der Waals surface area (Å²) in [6.07, 6.45) is 5.55. The van der Waals surface area contributed by atoms with Crippen LogP contribution in [0, 0.1) is 0 Å². The van der Waals surface area contributed by atoms with Crippen molar-refractivity contribution in [2.24, 2.45) is 0 Å². The molecule has 3 heterocycles. The number of carbonyl (C=O) groups excluding carboxylic acids is 1. The smallest absolute Gasteiger partial charge is 0.253 e. The van der Waals surface area contributed by atoms with Crippen molar-refractivity contribution in [1.29, 1.82) is 0 Å². The van der Waals surface area contributed by atoms with Gasteiger partial charge in [0, 0.05) is 36.4 Å². The highest BCUT2D eigenvalue weighted by Crippen LogP contribution is 2.31. The maximum atomic E-state index is 13.1. The number of aromatic nitrogens is 3. The Morgan fingerprint density at radius 2 is 1.62 bits per heavy atom. The van der Waals surface area contributed by atoms with Crippen molar-refractivity contribution in [3.05, 3.63) is 42.5 Å². The van der Waals surface area contributed by atoms with Crippen LogP contribution in [-0.2, 0) is 0 Å². The van der Waals surface area contributed by atoms with E-state index in [0.717, 1.165) is 56.8 Å². The number of hydrogen-bond donors (Lipinski definition) is 0. The summed E-state index contributed by atoms with van der Waals surface area (Å²) in [5.74, 6) is 0.131. The molecular weight excluding hydrogens is 328 g/mol. The summed E-state index contributed by atoms with van der Waals surface area (Å²) in [7, 11) is 4.39. The molecule has 0 bridgehead atoms. The van der Waals surface area contributed by atoms with Gasteiger partial charge in [-0.05, 0) is 64.3 Å². The van der Waals surface area contributed by atoms with Crippen molar-refractivity contribution < 1.29 is 4.79 Å². The van der Waals surface area contributed by atoms with Crippen molar-refractivity contribution in [1.82, 2.24) is 29.5 Å². The fourth-order valence-corrected chi connectivity index (χ4v) is 4.10. The molecule has 0 N–H and O–H groups in total. The number of benzene rings is 1. The van der Waals surface area contributed by atoms with E-state index in [-0.39, 0.29) is 11.4 Å². The second-order valence-corrected chi connectivity index (χ2v) is 7.59. The molecule has 138 valence electrons. The molecule has 1 aromatic heterocycles. The van der Waals surface area contributed by atoms with E-state index in [1.165, 1.54) is 0 Å². The molecular formula is C19H26N6O. The highest BCUT2D eigenvalue weighted by Gasteiger charge is 2.42. The largest absolute Gasteiger partial charge is 0.336 e. The van der Waals surface area contributed by atoms with Crippen LogP contribution < -0.4 is 0 Å². The average molecular weight is 354 g/mol. The van der Waals surface area contributed by atoms with Gasteiger partial charge in [-0.3, -0.25) is 14.3 Å². The third-order valence-electron chi connectivity index (χ3n) is 6.04. The van der Waals surface area contributed by atoms with Gasteiger partial charge in [0.2, 0.25) is 0 Å². The van der Waals surface area contributed by atoms with Gasteiger partial charge < -0.3 is 9.80 Å². The van der Waals surface area contributed by atoms with Gasteiger partial charge in [0.1, 0.15) is 12.7 Å². The minimum atomic E-state index is 0.128. The van der Waals surface area contributed by atoms with Crippen molar-refractivity contribution >= 4 is 5.91 Å². The number of likely N-dealkylation sites (tertiary alicyclic amines) is 1. The quantitative estimate of drug-likeness (QED) is 0.809. The number of carbonyl (C=O) groups is 1. The molecule has 1 amide bonds. The Balaban J connectivity index is 1.49. The van der Waals surface area contributed by atoms with Crippen LogP contribution in [0.1, 0.15) is 23.2 Å². The summed E-state index contributed by atoms with van der Waals surface area (Å²) in [4.78, 5) is 20.0. The van der Waals surface area contributed by atoms with E-state index < -0.39 is 0 Å². The van der Waals surface area contributed by atoms with Crippen molar-refractivity contribution in [2.45, 2.75) is 18.4 Å². The molecule has 2 aliphatic heterocycles. The fourth-order valence-electron chi connectivity index (χ4n) is 4.10. The molecule has 1 spiro atoms. The van der Waals surface area contributed by atoms with E-state index in [4.69, 9.17) is 0 Å². The molecule has 7 nitrogen and oxygen atoms in total. The fraction of sp³-hybridized carbons (Fsp3) is 0.526. The molecule has 0 radical (unpaired) electrons. The summed E-state index contributed by atoms with van der Waals surface area (Å²) in [6.45, 7) is 4.75. The van der Waals surface area contributed by atoms with Crippen LogP contribution in [0.3, 0.4) is 0 Å². The summed E-state index contributed by atoms with van der Waals surface area (Å²) >= 11 is 0. The molecule has 0 atom stereocenters. The summed E-state index contributed by atoms with van der Waals surface area (Å²) in [5.41, 5.74) is 1.83. The lowest BCUT2D eigenvalue weighted by molar-refractivity contribution is -0.0170. The number of piperazine rings is 1. The monoisotopic (exact) mass is 354 g/mol. The van der Waals surface area contributed by atoms with E-state index in [2.05, 4.69) is 34.1 Å². The van der Waals surface area contributed by atoms with E-state index in [9.17, 15) is 4.79 Å². The van der Waals surface area contributed by atoms with Crippen molar-refractivity contribution in [3.63, 3.8) is 0 Å². The first-order chi connectivity index (χ1) is 12.6. The van der Waals surface area contributed by atoms with Gasteiger partial charge >= 0.3 is 0 Å². The Bertz CT molecular complexity index is 749. The van der Waals surface area contributed by atoms with Crippen LogP contribution in [0.2, 0.25) is 0 Å². The molecule has 0 saturated carbocycles. The number of amides is 1. The predicted molar refractivity (Wildman–Crippen MR) is 99.4 cm³/mol. The Hall–Kier alpha value is -2.25. The first-order valence-corrected chi connectivity index (χ1v) is 9.22. The maximum absolute atomic E-state index is 13.1. The molecule has 7 heteroatoms. The zero-order valence-corrected chi connectivity index (χ0v) is 15.5. The Labute approximate surface area is 154 Å². The molecule has 26 heavy (non-hydrogen) atoms. The van der Waals surface area contributed by atoms with Crippen LogP contribution in [-0.4, -0.2) is 87.7 Å². The number of likely N-dealkylation sites (N-methyl/N-ethyl adjacent to an activating group) is 1. The molecule has 2 aliphatic rings. The lowest BCUT2D eigenvalue weighted by Crippen LogP contribution is -2.64. The summed E-state index contributed by atoms with van der Waals surface area (Å²) in [6, 6.07) is 7.69. The van der Waals surface area contributed by atoms with E-state index in [1.54, 1.807) is 12.7 Å². The van der Waals surface area contributed by atoms with Gasteiger partial charge in [0.15, 0.2) is 0 Å². The van der Waals surface area contributed by atoms with Gasteiger partial charge in [0.25, 0.3) is 5.91 Å². The first-order valence-electron chi connectivity index (χ1n) is 9.22. The Morgan fingerprint density at radius 3 is 2.27 bits per heavy atom. The SMILES string of the molecule is CN1CCC2(CC1)CN(C(=O)c1ccc(-n3cnnc3)cc1)CCN2C. The highest BCUT2D eigenvalue weighted by atomic mass is 16.2. The van der Waals surface area contributed by atoms with Gasteiger partial charge in [-0.25, -0.2) is 0 Å². The number of nitrogens with zero attached hydrogens (tertiary/aromatic N) is 6. The third kappa shape index (κ3) is 3.12. The van der Waals surface area contributed by atoms with Crippen LogP contribution >= 0.6 is 0 Å². The summed E-state index contributed by atoms with van der Waals surface area (Å²) < 4.78 is 1.83. The Kier molecular flexibility index (Phi) is 4.50. The van der Waals surface area contributed by atoms with Crippen LogP contribution in [0.5, 0.6) is 0 Å². The number of hydrogen-bond acceptors (Lipinski definition) is 5. The molecule has 4 rings (SSSR count). The van der Waals surface area contributed by atoms with Gasteiger partial charge in [-0.2, -0.15) is 0 Å². The van der Waals surface area contributed by atoms with Crippen molar-refractivity contribution in [2.75, 3.05) is 46.8 Å². The van der Waals surface area contributed by atoms with Crippen LogP contribution in [0.25, 0.3) is 5.69 Å². The second-order valence-electron chi connectivity index (χ2n) is 7.59. The minimum absolute atomic E-state index is 0.128. The standard InChI is InChI=1S/C19H26N6O/c1-22-9-7-19(8-10-22)13-24(12-11-23(19)2)18(26)16-3-5-17(6-4-16)25-14-20-21-15-25/h3-6,14-15H,7-13H2,1-2H3. The lowest BCUT2D eigenvalue weighted by atomic mass is 9.83. The molecule has 2 aromatic rings. The normalized spacial score (nSPS) is 21.2. The van der Waals surface area contributed by atoms with Crippen LogP contribution in [0.4, 0.5) is 0 Å². The van der Waals surface area contributed by atoms with E-state index >= 15 is 0 Å². The summed E-state index contributed by atoms with van der Waals surface area (Å²) in [5, 5.41) is 7.64. The number of piperidine rings is 1. The molecule has 2 saturated heterocycles. The molecule has 0 unspecified atom stereocenters. The van der Waals surface area contributed by atoms with Crippen molar-refractivity contribution in [3.8, 4) is 5.69 Å². The van der Waals surface area contributed by atoms with E-state index in [1.807, 2.05) is 33.7 Å². The molecule has 1 aromatic carbocycles. The minimum Gasteiger partial charge on any atom is -0.336 e. The van der Waals surface area contributed by atoms with E-state index in [0.29, 0.717) is 0 Å². The van der Waals surface area contributed by atoms with Gasteiger partial charge in [0.05, 0.1) is 0 Å². The zero-order chi connectivity index (χ0) is 18.1. The molecule has 2 fully saturated rings.